The minimum atomic E-state index is -4.71. The third-order valence-electron chi connectivity index (χ3n) is 3.16. The number of hydrogen-bond acceptors (Lipinski definition) is 2. The van der Waals surface area contributed by atoms with Gasteiger partial charge in [-0.05, 0) is 31.0 Å². The van der Waals surface area contributed by atoms with Gasteiger partial charge in [0, 0.05) is 11.8 Å². The van der Waals surface area contributed by atoms with Gasteiger partial charge in [0.15, 0.2) is 0 Å². The maximum absolute atomic E-state index is 12.1. The Hall–Kier alpha value is -2.18. The molecule has 0 radical (unpaired) electrons. The number of aromatic amines is 1. The van der Waals surface area contributed by atoms with E-state index >= 15 is 0 Å². The summed E-state index contributed by atoms with van der Waals surface area (Å²) in [6.45, 7) is 3.71. The molecule has 1 aromatic heterocycles. The molecule has 1 unspecified atom stereocenters. The number of H-pyrrole nitrogens is 1. The summed E-state index contributed by atoms with van der Waals surface area (Å²) in [7, 11) is 0. The lowest BCUT2D eigenvalue weighted by atomic mass is 10.1. The van der Waals surface area contributed by atoms with E-state index in [-0.39, 0.29) is 17.4 Å². The van der Waals surface area contributed by atoms with Gasteiger partial charge in [0.2, 0.25) is 0 Å². The van der Waals surface area contributed by atoms with Gasteiger partial charge in [-0.3, -0.25) is 9.89 Å². The van der Waals surface area contributed by atoms with Gasteiger partial charge in [-0.2, -0.15) is 0 Å². The van der Waals surface area contributed by atoms with E-state index in [1.807, 2.05) is 6.92 Å². The van der Waals surface area contributed by atoms with Crippen LogP contribution in [0.3, 0.4) is 0 Å². The van der Waals surface area contributed by atoms with Gasteiger partial charge in [-0.1, -0.05) is 19.1 Å². The molecule has 0 fully saturated rings. The quantitative estimate of drug-likeness (QED) is 0.942. The SMILES string of the molecule is CCc1cc(=O)n(C(C)c2ccc(OC(F)(F)F)cc2)[nH]1. The first kappa shape index (κ1) is 15.2. The lowest BCUT2D eigenvalue weighted by Crippen LogP contribution is -2.21. The minimum Gasteiger partial charge on any atom is -0.406 e. The van der Waals surface area contributed by atoms with Gasteiger partial charge in [0.05, 0.1) is 6.04 Å². The van der Waals surface area contributed by atoms with Gasteiger partial charge in [0.1, 0.15) is 5.75 Å². The summed E-state index contributed by atoms with van der Waals surface area (Å²) in [5.74, 6) is -0.286. The Morgan fingerprint density at radius 2 is 1.90 bits per heavy atom. The lowest BCUT2D eigenvalue weighted by Gasteiger charge is -2.14. The zero-order valence-corrected chi connectivity index (χ0v) is 11.6. The molecule has 0 amide bonds. The standard InChI is InChI=1S/C14H15F3N2O2/c1-3-11-8-13(20)19(18-11)9(2)10-4-6-12(7-5-10)21-14(15,16)17/h4-9,18H,3H2,1-2H3. The number of nitrogens with one attached hydrogen (secondary N) is 1. The zero-order chi connectivity index (χ0) is 15.6. The summed E-state index contributed by atoms with van der Waals surface area (Å²) >= 11 is 0. The normalized spacial score (nSPS) is 13.2. The highest BCUT2D eigenvalue weighted by atomic mass is 19.4. The zero-order valence-electron chi connectivity index (χ0n) is 11.6. The van der Waals surface area contributed by atoms with E-state index in [1.165, 1.54) is 35.0 Å². The average molecular weight is 300 g/mol. The van der Waals surface area contributed by atoms with Crippen molar-refractivity contribution in [2.75, 3.05) is 0 Å². The van der Waals surface area contributed by atoms with Crippen molar-refractivity contribution in [2.24, 2.45) is 0 Å². The Kier molecular flexibility index (Phi) is 4.11. The summed E-state index contributed by atoms with van der Waals surface area (Å²) in [5, 5.41) is 2.98. The van der Waals surface area contributed by atoms with Crippen molar-refractivity contribution >= 4 is 0 Å². The van der Waals surface area contributed by atoms with Crippen molar-refractivity contribution in [1.29, 1.82) is 0 Å². The highest BCUT2D eigenvalue weighted by Crippen LogP contribution is 2.25. The molecule has 0 aliphatic heterocycles. The topological polar surface area (TPSA) is 47.0 Å². The van der Waals surface area contributed by atoms with Crippen molar-refractivity contribution in [1.82, 2.24) is 9.78 Å². The molecule has 114 valence electrons. The van der Waals surface area contributed by atoms with Crippen molar-refractivity contribution in [3.05, 3.63) is 51.9 Å². The van der Waals surface area contributed by atoms with Gasteiger partial charge in [-0.25, -0.2) is 4.68 Å². The van der Waals surface area contributed by atoms with Crippen LogP contribution in [0.4, 0.5) is 13.2 Å². The molecule has 21 heavy (non-hydrogen) atoms. The number of alkyl halides is 3. The molecule has 1 aromatic carbocycles. The van der Waals surface area contributed by atoms with Crippen molar-refractivity contribution in [3.63, 3.8) is 0 Å². The molecule has 0 aliphatic carbocycles. The maximum atomic E-state index is 12.1. The number of ether oxygens (including phenoxy) is 1. The summed E-state index contributed by atoms with van der Waals surface area (Å²) in [6, 6.07) is 6.67. The first-order chi connectivity index (χ1) is 9.80. The van der Waals surface area contributed by atoms with E-state index in [0.717, 1.165) is 5.69 Å². The molecule has 7 heteroatoms. The van der Waals surface area contributed by atoms with Crippen LogP contribution in [0, 0.1) is 0 Å². The third-order valence-corrected chi connectivity index (χ3v) is 3.16. The Morgan fingerprint density at radius 1 is 1.29 bits per heavy atom. The Balaban J connectivity index is 2.21. The van der Waals surface area contributed by atoms with Crippen LogP contribution >= 0.6 is 0 Å². The van der Waals surface area contributed by atoms with E-state index in [0.29, 0.717) is 12.0 Å². The van der Waals surface area contributed by atoms with E-state index in [1.54, 1.807) is 6.92 Å². The molecule has 2 rings (SSSR count). The molecule has 0 bridgehead atoms. The fraction of sp³-hybridized carbons (Fsp3) is 0.357. The molecule has 4 nitrogen and oxygen atoms in total. The molecule has 1 heterocycles. The number of nitrogens with zero attached hydrogens (tertiary/aromatic N) is 1. The molecule has 0 aliphatic rings. The number of aryl methyl sites for hydroxylation is 1. The van der Waals surface area contributed by atoms with Gasteiger partial charge >= 0.3 is 6.36 Å². The van der Waals surface area contributed by atoms with Crippen LogP contribution in [0.25, 0.3) is 0 Å². The monoisotopic (exact) mass is 300 g/mol. The second kappa shape index (κ2) is 5.67. The number of benzene rings is 1. The fourth-order valence-electron chi connectivity index (χ4n) is 2.03. The highest BCUT2D eigenvalue weighted by molar-refractivity contribution is 5.29. The summed E-state index contributed by atoms with van der Waals surface area (Å²) in [5.41, 5.74) is 1.34. The average Bonchev–Trinajstić information content (AvgIpc) is 2.78. The summed E-state index contributed by atoms with van der Waals surface area (Å²) in [6.07, 6.45) is -4.01. The molecule has 1 N–H and O–H groups in total. The van der Waals surface area contributed by atoms with Crippen molar-refractivity contribution < 1.29 is 17.9 Å². The van der Waals surface area contributed by atoms with E-state index in [2.05, 4.69) is 9.84 Å². The third kappa shape index (κ3) is 3.68. The first-order valence-electron chi connectivity index (χ1n) is 6.46. The van der Waals surface area contributed by atoms with Gasteiger partial charge in [0.25, 0.3) is 5.56 Å². The van der Waals surface area contributed by atoms with Crippen LogP contribution < -0.4 is 10.3 Å². The van der Waals surface area contributed by atoms with Crippen LogP contribution in [0.15, 0.2) is 35.1 Å². The van der Waals surface area contributed by atoms with Crippen LogP contribution in [-0.4, -0.2) is 16.1 Å². The molecule has 0 saturated heterocycles. The number of aromatic nitrogens is 2. The Bertz CT molecular complexity index is 656. The molecule has 2 aromatic rings. The van der Waals surface area contributed by atoms with Gasteiger partial charge in [-0.15, -0.1) is 13.2 Å². The molecule has 1 atom stereocenters. The van der Waals surface area contributed by atoms with E-state index in [4.69, 9.17) is 0 Å². The minimum absolute atomic E-state index is 0.171. The Morgan fingerprint density at radius 3 is 2.38 bits per heavy atom. The predicted molar refractivity (Wildman–Crippen MR) is 71.4 cm³/mol. The summed E-state index contributed by atoms with van der Waals surface area (Å²) in [4.78, 5) is 11.8. The van der Waals surface area contributed by atoms with Crippen molar-refractivity contribution in [2.45, 2.75) is 32.7 Å². The van der Waals surface area contributed by atoms with Crippen LogP contribution in [0.2, 0.25) is 0 Å². The molecule has 0 spiro atoms. The van der Waals surface area contributed by atoms with E-state index < -0.39 is 6.36 Å². The maximum Gasteiger partial charge on any atom is 0.573 e. The smallest absolute Gasteiger partial charge is 0.406 e. The largest absolute Gasteiger partial charge is 0.573 e. The predicted octanol–water partition coefficient (Wildman–Crippen LogP) is 3.25. The summed E-state index contributed by atoms with van der Waals surface area (Å²) < 4.78 is 41.5. The molecular weight excluding hydrogens is 285 g/mol. The van der Waals surface area contributed by atoms with E-state index in [9.17, 15) is 18.0 Å². The Labute approximate surface area is 119 Å². The molecule has 0 saturated carbocycles. The lowest BCUT2D eigenvalue weighted by molar-refractivity contribution is -0.274. The second-order valence-electron chi connectivity index (χ2n) is 4.64. The highest BCUT2D eigenvalue weighted by Gasteiger charge is 2.31. The van der Waals surface area contributed by atoms with Crippen molar-refractivity contribution in [3.8, 4) is 5.75 Å². The first-order valence-corrected chi connectivity index (χ1v) is 6.46. The number of halogens is 3. The number of hydrogen-bond donors (Lipinski definition) is 1. The number of rotatable bonds is 4. The molecular formula is C14H15F3N2O2. The second-order valence-corrected chi connectivity index (χ2v) is 4.64. The van der Waals surface area contributed by atoms with Gasteiger partial charge < -0.3 is 4.74 Å². The van der Waals surface area contributed by atoms with Crippen LogP contribution in [0.5, 0.6) is 5.75 Å². The van der Waals surface area contributed by atoms with Crippen LogP contribution in [-0.2, 0) is 6.42 Å². The fourth-order valence-corrected chi connectivity index (χ4v) is 2.03. The van der Waals surface area contributed by atoms with Crippen LogP contribution in [0.1, 0.15) is 31.1 Å².